The first-order valence-corrected chi connectivity index (χ1v) is 7.48. The molecule has 2 amide bonds. The highest BCUT2D eigenvalue weighted by Crippen LogP contribution is 2.34. The maximum absolute atomic E-state index is 14.1. The Labute approximate surface area is 129 Å². The van der Waals surface area contributed by atoms with Gasteiger partial charge in [0.05, 0.1) is 5.69 Å². The normalized spacial score (nSPS) is 22.4. The van der Waals surface area contributed by atoms with Gasteiger partial charge >= 0.3 is 0 Å². The van der Waals surface area contributed by atoms with Gasteiger partial charge in [-0.1, -0.05) is 13.8 Å². The molecule has 2 unspecified atom stereocenters. The summed E-state index contributed by atoms with van der Waals surface area (Å²) in [5.41, 5.74) is -0.0958. The van der Waals surface area contributed by atoms with Gasteiger partial charge in [0.1, 0.15) is 17.9 Å². The van der Waals surface area contributed by atoms with Crippen LogP contribution in [0.2, 0.25) is 0 Å². The molecular formula is C14H15BrF2N2O2. The van der Waals surface area contributed by atoms with Crippen molar-refractivity contribution in [2.45, 2.75) is 38.8 Å². The first-order chi connectivity index (χ1) is 9.90. The average molecular weight is 361 g/mol. The molecule has 0 spiro atoms. The number of halogens is 3. The van der Waals surface area contributed by atoms with Crippen LogP contribution in [0.5, 0.6) is 0 Å². The Kier molecular flexibility index (Phi) is 4.61. The van der Waals surface area contributed by atoms with Gasteiger partial charge in [0.2, 0.25) is 11.8 Å². The third kappa shape index (κ3) is 2.79. The Bertz CT molecular complexity index is 571. The van der Waals surface area contributed by atoms with Crippen LogP contribution in [-0.2, 0) is 9.59 Å². The molecule has 1 N–H and O–H groups in total. The third-order valence-electron chi connectivity index (χ3n) is 3.48. The van der Waals surface area contributed by atoms with E-state index in [4.69, 9.17) is 0 Å². The molecule has 114 valence electrons. The molecule has 21 heavy (non-hydrogen) atoms. The molecule has 0 aliphatic carbocycles. The van der Waals surface area contributed by atoms with E-state index in [1.807, 2.05) is 0 Å². The second kappa shape index (κ2) is 6.09. The maximum atomic E-state index is 14.1. The van der Waals surface area contributed by atoms with E-state index < -0.39 is 29.6 Å². The van der Waals surface area contributed by atoms with E-state index in [-0.39, 0.29) is 16.1 Å². The van der Waals surface area contributed by atoms with Crippen LogP contribution < -0.4 is 10.2 Å². The van der Waals surface area contributed by atoms with Gasteiger partial charge in [-0.25, -0.2) is 8.78 Å². The van der Waals surface area contributed by atoms with Crippen molar-refractivity contribution in [1.29, 1.82) is 0 Å². The lowest BCUT2D eigenvalue weighted by molar-refractivity contribution is -0.134. The van der Waals surface area contributed by atoms with E-state index in [1.165, 1.54) is 0 Å². The van der Waals surface area contributed by atoms with E-state index in [9.17, 15) is 18.4 Å². The Morgan fingerprint density at radius 1 is 1.24 bits per heavy atom. The fraction of sp³-hybridized carbons (Fsp3) is 0.429. The van der Waals surface area contributed by atoms with Gasteiger partial charge in [-0.05, 0) is 34.8 Å². The van der Waals surface area contributed by atoms with Crippen molar-refractivity contribution in [3.63, 3.8) is 0 Å². The topological polar surface area (TPSA) is 49.4 Å². The summed E-state index contributed by atoms with van der Waals surface area (Å²) in [7, 11) is 0. The molecule has 1 aliphatic heterocycles. The molecule has 4 nitrogen and oxygen atoms in total. The smallest absolute Gasteiger partial charge is 0.250 e. The molecule has 1 aromatic carbocycles. The summed E-state index contributed by atoms with van der Waals surface area (Å²) in [6.45, 7) is 3.48. The summed E-state index contributed by atoms with van der Waals surface area (Å²) in [5.74, 6) is -2.36. The third-order valence-corrected chi connectivity index (χ3v) is 4.09. The van der Waals surface area contributed by atoms with Gasteiger partial charge in [0.15, 0.2) is 5.82 Å². The van der Waals surface area contributed by atoms with Crippen LogP contribution in [0.4, 0.5) is 14.5 Å². The number of benzene rings is 1. The van der Waals surface area contributed by atoms with Gasteiger partial charge in [-0.15, -0.1) is 0 Å². The summed E-state index contributed by atoms with van der Waals surface area (Å²) in [6.07, 6.45) is 0.731. The Morgan fingerprint density at radius 2 is 1.90 bits per heavy atom. The summed E-state index contributed by atoms with van der Waals surface area (Å²) < 4.78 is 27.5. The van der Waals surface area contributed by atoms with E-state index in [0.717, 1.165) is 11.0 Å². The SMILES string of the molecule is CCC1NC(=O)C(CC)N(c2c(F)cc(F)cc2Br)C1=O. The highest BCUT2D eigenvalue weighted by Gasteiger charge is 2.41. The molecule has 0 saturated carbocycles. The van der Waals surface area contributed by atoms with E-state index in [0.29, 0.717) is 18.9 Å². The number of hydrogen-bond acceptors (Lipinski definition) is 2. The van der Waals surface area contributed by atoms with Gasteiger partial charge < -0.3 is 5.32 Å². The van der Waals surface area contributed by atoms with Crippen molar-refractivity contribution >= 4 is 33.4 Å². The second-order valence-corrected chi connectivity index (χ2v) is 5.67. The van der Waals surface area contributed by atoms with E-state index in [1.54, 1.807) is 13.8 Å². The minimum atomic E-state index is -0.877. The Hall–Kier alpha value is -1.50. The highest BCUT2D eigenvalue weighted by atomic mass is 79.9. The molecule has 0 radical (unpaired) electrons. The standard InChI is InChI=1S/C14H15BrF2N2O2/c1-3-10-14(21)19(11(4-2)13(20)18-10)12-8(15)5-7(16)6-9(12)17/h5-6,10-11H,3-4H2,1-2H3,(H,18,20). The van der Waals surface area contributed by atoms with Crippen LogP contribution >= 0.6 is 15.9 Å². The summed E-state index contributed by atoms with van der Waals surface area (Å²) in [6, 6.07) is 0.271. The monoisotopic (exact) mass is 360 g/mol. The molecule has 7 heteroatoms. The van der Waals surface area contributed by atoms with Crippen LogP contribution in [0.25, 0.3) is 0 Å². The molecule has 1 aliphatic rings. The number of anilines is 1. The van der Waals surface area contributed by atoms with Crippen LogP contribution in [0.15, 0.2) is 16.6 Å². The predicted molar refractivity (Wildman–Crippen MR) is 77.8 cm³/mol. The lowest BCUT2D eigenvalue weighted by Crippen LogP contribution is -2.63. The van der Waals surface area contributed by atoms with Crippen molar-refractivity contribution in [1.82, 2.24) is 5.32 Å². The first kappa shape index (κ1) is 15.9. The zero-order chi connectivity index (χ0) is 15.7. The van der Waals surface area contributed by atoms with Gasteiger partial charge in [-0.2, -0.15) is 0 Å². The molecule has 1 heterocycles. The average Bonchev–Trinajstić information content (AvgIpc) is 2.41. The summed E-state index contributed by atoms with van der Waals surface area (Å²) in [4.78, 5) is 25.7. The number of carbonyl (C=O) groups excluding carboxylic acids is 2. The van der Waals surface area contributed by atoms with Crippen LogP contribution in [0.1, 0.15) is 26.7 Å². The maximum Gasteiger partial charge on any atom is 0.250 e. The van der Waals surface area contributed by atoms with Crippen molar-refractivity contribution < 1.29 is 18.4 Å². The molecular weight excluding hydrogens is 346 g/mol. The second-order valence-electron chi connectivity index (χ2n) is 4.82. The van der Waals surface area contributed by atoms with E-state index in [2.05, 4.69) is 21.2 Å². The minimum absolute atomic E-state index is 0.0958. The number of piperazine rings is 1. The predicted octanol–water partition coefficient (Wildman–Crippen LogP) is 2.75. The molecule has 0 bridgehead atoms. The Morgan fingerprint density at radius 3 is 2.43 bits per heavy atom. The van der Waals surface area contributed by atoms with Gasteiger partial charge in [-0.3, -0.25) is 14.5 Å². The molecule has 1 saturated heterocycles. The molecule has 1 aromatic rings. The fourth-order valence-corrected chi connectivity index (χ4v) is 3.04. The van der Waals surface area contributed by atoms with E-state index >= 15 is 0 Å². The van der Waals surface area contributed by atoms with Crippen LogP contribution in [0, 0.1) is 11.6 Å². The minimum Gasteiger partial charge on any atom is -0.342 e. The van der Waals surface area contributed by atoms with Crippen LogP contribution in [0.3, 0.4) is 0 Å². The first-order valence-electron chi connectivity index (χ1n) is 6.68. The zero-order valence-electron chi connectivity index (χ0n) is 11.6. The molecule has 2 rings (SSSR count). The van der Waals surface area contributed by atoms with Crippen LogP contribution in [-0.4, -0.2) is 23.9 Å². The molecule has 0 aromatic heterocycles. The zero-order valence-corrected chi connectivity index (χ0v) is 13.2. The molecule has 1 fully saturated rings. The number of nitrogens with zero attached hydrogens (tertiary/aromatic N) is 1. The fourth-order valence-electron chi connectivity index (χ4n) is 2.44. The van der Waals surface area contributed by atoms with Crippen molar-refractivity contribution in [3.8, 4) is 0 Å². The Balaban J connectivity index is 2.57. The largest absolute Gasteiger partial charge is 0.342 e. The number of amides is 2. The van der Waals surface area contributed by atoms with Gasteiger partial charge in [0, 0.05) is 10.5 Å². The van der Waals surface area contributed by atoms with Crippen molar-refractivity contribution in [3.05, 3.63) is 28.2 Å². The van der Waals surface area contributed by atoms with Gasteiger partial charge in [0.25, 0.3) is 0 Å². The quantitative estimate of drug-likeness (QED) is 0.900. The summed E-state index contributed by atoms with van der Waals surface area (Å²) >= 11 is 3.07. The number of carbonyl (C=O) groups is 2. The summed E-state index contributed by atoms with van der Waals surface area (Å²) in [5, 5.41) is 2.62. The van der Waals surface area contributed by atoms with Crippen molar-refractivity contribution in [2.75, 3.05) is 4.90 Å². The number of nitrogens with one attached hydrogen (secondary N) is 1. The van der Waals surface area contributed by atoms with Crippen molar-refractivity contribution in [2.24, 2.45) is 0 Å². The number of hydrogen-bond donors (Lipinski definition) is 1. The highest BCUT2D eigenvalue weighted by molar-refractivity contribution is 9.10. The lowest BCUT2D eigenvalue weighted by Gasteiger charge is -2.38. The molecule has 2 atom stereocenters. The lowest BCUT2D eigenvalue weighted by atomic mass is 10.0. The number of rotatable bonds is 3.